The van der Waals surface area contributed by atoms with Gasteiger partial charge in [-0.15, -0.1) is 0 Å². The van der Waals surface area contributed by atoms with E-state index >= 15 is 0 Å². The minimum absolute atomic E-state index is 0.119. The Morgan fingerprint density at radius 2 is 2.12 bits per heavy atom. The summed E-state index contributed by atoms with van der Waals surface area (Å²) in [6, 6.07) is 6.02. The van der Waals surface area contributed by atoms with Crippen molar-refractivity contribution in [2.45, 2.75) is 13.0 Å². The molecule has 0 aliphatic heterocycles. The van der Waals surface area contributed by atoms with E-state index in [1.807, 2.05) is 0 Å². The fourth-order valence-corrected chi connectivity index (χ4v) is 2.84. The minimum Gasteiger partial charge on any atom is -0.478 e. The summed E-state index contributed by atoms with van der Waals surface area (Å²) in [5.41, 5.74) is 0.930. The summed E-state index contributed by atoms with van der Waals surface area (Å²) in [5.74, 6) is -0.778. The number of nitrogens with one attached hydrogen (secondary N) is 1. The second-order valence-electron chi connectivity index (χ2n) is 5.26. The normalized spacial score (nSPS) is 11.0. The Kier molecular flexibility index (Phi) is 4.96. The molecule has 7 nitrogen and oxygen atoms in total. The number of H-pyrrole nitrogens is 1. The molecule has 0 aliphatic rings. The standard InChI is InChI=1S/C16H13Cl2N3O4/c17-10-7-11(18)14(19-8-10)25-5-1-4-21-13-6-9(15(22)23)2-3-12(13)20-16(21)24/h2-3,6-8H,1,4-5H2,(H,20,24)(H,22,23). The van der Waals surface area contributed by atoms with Crippen LogP contribution < -0.4 is 10.4 Å². The first-order chi connectivity index (χ1) is 12.0. The highest BCUT2D eigenvalue weighted by Gasteiger charge is 2.11. The van der Waals surface area contributed by atoms with E-state index in [2.05, 4.69) is 9.97 Å². The van der Waals surface area contributed by atoms with Crippen molar-refractivity contribution in [2.24, 2.45) is 0 Å². The van der Waals surface area contributed by atoms with E-state index in [9.17, 15) is 9.59 Å². The molecule has 2 heterocycles. The molecule has 1 aromatic carbocycles. The fraction of sp³-hybridized carbons (Fsp3) is 0.188. The molecule has 0 amide bonds. The molecule has 0 spiro atoms. The Morgan fingerprint density at radius 3 is 2.84 bits per heavy atom. The SMILES string of the molecule is O=C(O)c1ccc2[nH]c(=O)n(CCCOc3ncc(Cl)cc3Cl)c2c1. The summed E-state index contributed by atoms with van der Waals surface area (Å²) in [7, 11) is 0. The Morgan fingerprint density at radius 1 is 1.32 bits per heavy atom. The molecule has 0 atom stereocenters. The average Bonchev–Trinajstić information content (AvgIpc) is 2.88. The fourth-order valence-electron chi connectivity index (χ4n) is 2.41. The number of rotatable bonds is 6. The van der Waals surface area contributed by atoms with Crippen LogP contribution in [0.1, 0.15) is 16.8 Å². The molecule has 0 saturated carbocycles. The van der Waals surface area contributed by atoms with Crippen molar-refractivity contribution >= 4 is 40.2 Å². The van der Waals surface area contributed by atoms with Crippen molar-refractivity contribution in [1.82, 2.24) is 14.5 Å². The topological polar surface area (TPSA) is 97.2 Å². The molecule has 2 N–H and O–H groups in total. The van der Waals surface area contributed by atoms with Crippen LogP contribution in [0.3, 0.4) is 0 Å². The van der Waals surface area contributed by atoms with Crippen LogP contribution in [-0.4, -0.2) is 32.2 Å². The number of aryl methyl sites for hydroxylation is 1. The highest BCUT2D eigenvalue weighted by molar-refractivity contribution is 6.35. The lowest BCUT2D eigenvalue weighted by atomic mass is 10.2. The van der Waals surface area contributed by atoms with E-state index in [0.717, 1.165) is 0 Å². The van der Waals surface area contributed by atoms with Gasteiger partial charge in [0.2, 0.25) is 5.88 Å². The van der Waals surface area contributed by atoms with Crippen LogP contribution in [-0.2, 0) is 6.54 Å². The molecule has 0 radical (unpaired) electrons. The number of pyridine rings is 1. The van der Waals surface area contributed by atoms with Crippen LogP contribution in [0.5, 0.6) is 5.88 Å². The first-order valence-corrected chi connectivity index (χ1v) is 8.11. The van der Waals surface area contributed by atoms with Crippen molar-refractivity contribution in [1.29, 1.82) is 0 Å². The third-order valence-corrected chi connectivity index (χ3v) is 4.04. The Labute approximate surface area is 151 Å². The molecular weight excluding hydrogens is 369 g/mol. The lowest BCUT2D eigenvalue weighted by Crippen LogP contribution is -2.18. The molecule has 130 valence electrons. The molecule has 0 saturated heterocycles. The number of hydrogen-bond acceptors (Lipinski definition) is 4. The number of nitrogens with zero attached hydrogens (tertiary/aromatic N) is 2. The zero-order valence-electron chi connectivity index (χ0n) is 12.8. The molecular formula is C16H13Cl2N3O4. The number of ether oxygens (including phenoxy) is 1. The number of aromatic nitrogens is 3. The van der Waals surface area contributed by atoms with E-state index in [1.54, 1.807) is 6.07 Å². The van der Waals surface area contributed by atoms with Gasteiger partial charge >= 0.3 is 11.7 Å². The number of halogens is 2. The molecule has 0 bridgehead atoms. The third-order valence-electron chi connectivity index (χ3n) is 3.56. The van der Waals surface area contributed by atoms with Crippen LogP contribution in [0.4, 0.5) is 0 Å². The molecule has 0 unspecified atom stereocenters. The van der Waals surface area contributed by atoms with Crippen LogP contribution in [0, 0.1) is 0 Å². The minimum atomic E-state index is -1.05. The monoisotopic (exact) mass is 381 g/mol. The van der Waals surface area contributed by atoms with Gasteiger partial charge in [0.25, 0.3) is 0 Å². The quantitative estimate of drug-likeness (QED) is 0.638. The van der Waals surface area contributed by atoms with Gasteiger partial charge in [0, 0.05) is 12.7 Å². The molecule has 9 heteroatoms. The summed E-state index contributed by atoms with van der Waals surface area (Å²) in [5, 5.41) is 9.80. The van der Waals surface area contributed by atoms with E-state index < -0.39 is 5.97 Å². The zero-order valence-corrected chi connectivity index (χ0v) is 14.3. The van der Waals surface area contributed by atoms with Gasteiger partial charge in [-0.2, -0.15) is 0 Å². The number of aromatic carboxylic acids is 1. The number of hydrogen-bond donors (Lipinski definition) is 2. The maximum Gasteiger partial charge on any atom is 0.335 e. The van der Waals surface area contributed by atoms with Gasteiger partial charge in [0.15, 0.2) is 0 Å². The van der Waals surface area contributed by atoms with Gasteiger partial charge in [0.05, 0.1) is 28.2 Å². The number of carbonyl (C=O) groups is 1. The summed E-state index contributed by atoms with van der Waals surface area (Å²) in [4.78, 5) is 29.8. The van der Waals surface area contributed by atoms with Crippen molar-refractivity contribution < 1.29 is 14.6 Å². The van der Waals surface area contributed by atoms with Crippen molar-refractivity contribution in [3.8, 4) is 5.88 Å². The maximum absolute atomic E-state index is 12.0. The van der Waals surface area contributed by atoms with Crippen molar-refractivity contribution in [2.75, 3.05) is 6.61 Å². The number of carboxylic acid groups (broad SMARTS) is 1. The van der Waals surface area contributed by atoms with E-state index in [1.165, 1.54) is 29.0 Å². The van der Waals surface area contributed by atoms with Crippen molar-refractivity contribution in [3.63, 3.8) is 0 Å². The van der Waals surface area contributed by atoms with Gasteiger partial charge in [0.1, 0.15) is 5.02 Å². The molecule has 0 aliphatic carbocycles. The van der Waals surface area contributed by atoms with E-state index in [0.29, 0.717) is 34.0 Å². The lowest BCUT2D eigenvalue weighted by Gasteiger charge is -2.08. The van der Waals surface area contributed by atoms with E-state index in [-0.39, 0.29) is 23.7 Å². The maximum atomic E-state index is 12.0. The second-order valence-corrected chi connectivity index (χ2v) is 6.11. The summed E-state index contributed by atoms with van der Waals surface area (Å²) >= 11 is 11.7. The third kappa shape index (κ3) is 3.78. The number of carboxylic acids is 1. The molecule has 25 heavy (non-hydrogen) atoms. The van der Waals surface area contributed by atoms with Gasteiger partial charge in [-0.3, -0.25) is 4.57 Å². The van der Waals surface area contributed by atoms with E-state index in [4.69, 9.17) is 33.0 Å². The zero-order chi connectivity index (χ0) is 18.0. The molecule has 3 rings (SSSR count). The largest absolute Gasteiger partial charge is 0.478 e. The molecule has 3 aromatic rings. The number of imidazole rings is 1. The highest BCUT2D eigenvalue weighted by atomic mass is 35.5. The Balaban J connectivity index is 1.70. The first-order valence-electron chi connectivity index (χ1n) is 7.35. The Bertz CT molecular complexity index is 997. The summed E-state index contributed by atoms with van der Waals surface area (Å²) < 4.78 is 6.96. The van der Waals surface area contributed by atoms with Gasteiger partial charge in [-0.05, 0) is 30.7 Å². The van der Waals surface area contributed by atoms with Gasteiger partial charge < -0.3 is 14.8 Å². The average molecular weight is 382 g/mol. The number of fused-ring (bicyclic) bond motifs is 1. The first kappa shape index (κ1) is 17.3. The van der Waals surface area contributed by atoms with Crippen LogP contribution in [0.15, 0.2) is 35.3 Å². The van der Waals surface area contributed by atoms with Crippen molar-refractivity contribution in [3.05, 3.63) is 56.6 Å². The second kappa shape index (κ2) is 7.16. The van der Waals surface area contributed by atoms with Crippen LogP contribution in [0.25, 0.3) is 11.0 Å². The summed E-state index contributed by atoms with van der Waals surface area (Å²) in [6.07, 6.45) is 1.94. The predicted molar refractivity (Wildman–Crippen MR) is 93.9 cm³/mol. The molecule has 2 aromatic heterocycles. The number of aromatic amines is 1. The smallest absolute Gasteiger partial charge is 0.335 e. The molecule has 0 fully saturated rings. The predicted octanol–water partition coefficient (Wildman–Crippen LogP) is 3.20. The highest BCUT2D eigenvalue weighted by Crippen LogP contribution is 2.24. The van der Waals surface area contributed by atoms with Gasteiger partial charge in [-0.1, -0.05) is 23.2 Å². The van der Waals surface area contributed by atoms with Crippen LogP contribution >= 0.6 is 23.2 Å². The van der Waals surface area contributed by atoms with Crippen LogP contribution in [0.2, 0.25) is 10.0 Å². The number of benzene rings is 1. The Hall–Kier alpha value is -2.51. The summed E-state index contributed by atoms with van der Waals surface area (Å²) in [6.45, 7) is 0.638. The lowest BCUT2D eigenvalue weighted by molar-refractivity contribution is 0.0697. The van der Waals surface area contributed by atoms with Gasteiger partial charge in [-0.25, -0.2) is 14.6 Å².